The van der Waals surface area contributed by atoms with Crippen molar-refractivity contribution in [3.05, 3.63) is 29.6 Å². The van der Waals surface area contributed by atoms with Crippen molar-refractivity contribution >= 4 is 11.6 Å². The number of carbonyl (C=O) groups is 1. The fourth-order valence-corrected chi connectivity index (χ4v) is 1.40. The first-order valence-electron chi connectivity index (χ1n) is 5.37. The van der Waals surface area contributed by atoms with Crippen molar-refractivity contribution in [3.8, 4) is 0 Å². The van der Waals surface area contributed by atoms with Gasteiger partial charge in [0, 0.05) is 0 Å². The van der Waals surface area contributed by atoms with Crippen molar-refractivity contribution in [2.24, 2.45) is 5.73 Å². The molecule has 1 amide bonds. The minimum Gasteiger partial charge on any atom is -0.322 e. The molecule has 3 N–H and O–H groups in total. The lowest BCUT2D eigenvalue weighted by Crippen LogP contribution is -2.35. The van der Waals surface area contributed by atoms with Gasteiger partial charge < -0.3 is 11.1 Å². The van der Waals surface area contributed by atoms with Gasteiger partial charge in [-0.1, -0.05) is 19.4 Å². The van der Waals surface area contributed by atoms with Gasteiger partial charge in [0.1, 0.15) is 5.82 Å². The molecule has 0 aliphatic carbocycles. The van der Waals surface area contributed by atoms with Crippen LogP contribution in [0.3, 0.4) is 0 Å². The first kappa shape index (κ1) is 12.6. The summed E-state index contributed by atoms with van der Waals surface area (Å²) < 4.78 is 13.3. The second-order valence-corrected chi connectivity index (χ2v) is 3.87. The van der Waals surface area contributed by atoms with Crippen LogP contribution in [0.4, 0.5) is 10.1 Å². The lowest BCUT2D eigenvalue weighted by Gasteiger charge is -2.12. The summed E-state index contributed by atoms with van der Waals surface area (Å²) in [5.41, 5.74) is 6.71. The van der Waals surface area contributed by atoms with E-state index in [1.165, 1.54) is 6.07 Å². The van der Waals surface area contributed by atoms with Crippen molar-refractivity contribution in [3.63, 3.8) is 0 Å². The Hall–Kier alpha value is -1.42. The van der Waals surface area contributed by atoms with Crippen LogP contribution in [0.15, 0.2) is 18.2 Å². The second kappa shape index (κ2) is 5.61. The lowest BCUT2D eigenvalue weighted by atomic mass is 10.1. The van der Waals surface area contributed by atoms with Gasteiger partial charge in [-0.2, -0.15) is 0 Å². The highest BCUT2D eigenvalue weighted by atomic mass is 19.1. The van der Waals surface area contributed by atoms with Crippen LogP contribution in [0.25, 0.3) is 0 Å². The highest BCUT2D eigenvalue weighted by Gasteiger charge is 2.14. The van der Waals surface area contributed by atoms with Gasteiger partial charge in [0.05, 0.1) is 11.7 Å². The number of nitrogens with two attached hydrogens (primary N) is 1. The van der Waals surface area contributed by atoms with Crippen LogP contribution in [0, 0.1) is 12.7 Å². The molecule has 0 saturated carbocycles. The molecule has 0 aliphatic rings. The number of amides is 1. The predicted octanol–water partition coefficient (Wildman–Crippen LogP) is 2.20. The Morgan fingerprint density at radius 3 is 2.88 bits per heavy atom. The molecular formula is C12H17FN2O. The molecule has 1 aromatic rings. The third kappa shape index (κ3) is 3.31. The maximum absolute atomic E-state index is 13.3. The molecule has 0 bridgehead atoms. The second-order valence-electron chi connectivity index (χ2n) is 3.87. The summed E-state index contributed by atoms with van der Waals surface area (Å²) in [5, 5.41) is 2.50. The Morgan fingerprint density at radius 2 is 2.25 bits per heavy atom. The molecule has 0 spiro atoms. The van der Waals surface area contributed by atoms with E-state index in [0.717, 1.165) is 12.0 Å². The Bertz CT molecular complexity index is 379. The highest BCUT2D eigenvalue weighted by molar-refractivity contribution is 5.94. The van der Waals surface area contributed by atoms with Gasteiger partial charge in [-0.3, -0.25) is 4.79 Å². The molecule has 16 heavy (non-hydrogen) atoms. The molecule has 3 nitrogen and oxygen atoms in total. The molecule has 0 radical (unpaired) electrons. The number of nitrogens with one attached hydrogen (secondary N) is 1. The molecule has 1 unspecified atom stereocenters. The van der Waals surface area contributed by atoms with E-state index < -0.39 is 11.9 Å². The first-order valence-corrected chi connectivity index (χ1v) is 5.37. The monoisotopic (exact) mass is 224 g/mol. The molecule has 0 saturated heterocycles. The Kier molecular flexibility index (Phi) is 4.43. The fraction of sp³-hybridized carbons (Fsp3) is 0.417. The molecular weight excluding hydrogens is 207 g/mol. The number of rotatable bonds is 4. The van der Waals surface area contributed by atoms with E-state index in [9.17, 15) is 9.18 Å². The molecule has 0 heterocycles. The summed E-state index contributed by atoms with van der Waals surface area (Å²) >= 11 is 0. The molecule has 88 valence electrons. The summed E-state index contributed by atoms with van der Waals surface area (Å²) in [6.07, 6.45) is 1.42. The normalized spacial score (nSPS) is 12.2. The third-order valence-corrected chi connectivity index (χ3v) is 2.32. The van der Waals surface area contributed by atoms with E-state index in [1.807, 2.05) is 13.8 Å². The van der Waals surface area contributed by atoms with Gasteiger partial charge in [0.25, 0.3) is 0 Å². The highest BCUT2D eigenvalue weighted by Crippen LogP contribution is 2.15. The zero-order valence-corrected chi connectivity index (χ0v) is 9.59. The molecule has 0 aromatic heterocycles. The van der Waals surface area contributed by atoms with Crippen LogP contribution < -0.4 is 11.1 Å². The van der Waals surface area contributed by atoms with Crippen LogP contribution in [-0.2, 0) is 4.79 Å². The van der Waals surface area contributed by atoms with Crippen molar-refractivity contribution < 1.29 is 9.18 Å². The maximum Gasteiger partial charge on any atom is 0.241 e. The van der Waals surface area contributed by atoms with Gasteiger partial charge >= 0.3 is 0 Å². The summed E-state index contributed by atoms with van der Waals surface area (Å²) in [4.78, 5) is 11.6. The molecule has 1 aromatic carbocycles. The smallest absolute Gasteiger partial charge is 0.241 e. The van der Waals surface area contributed by atoms with Gasteiger partial charge in [-0.25, -0.2) is 4.39 Å². The van der Waals surface area contributed by atoms with Crippen molar-refractivity contribution in [1.82, 2.24) is 0 Å². The van der Waals surface area contributed by atoms with Gasteiger partial charge in [-0.15, -0.1) is 0 Å². The van der Waals surface area contributed by atoms with Crippen LogP contribution in [0.5, 0.6) is 0 Å². The largest absolute Gasteiger partial charge is 0.322 e. The molecule has 4 heteroatoms. The summed E-state index contributed by atoms with van der Waals surface area (Å²) in [5.74, 6) is -0.783. The van der Waals surface area contributed by atoms with Crippen molar-refractivity contribution in [2.75, 3.05) is 5.32 Å². The standard InChI is InChI=1S/C12H17FN2O/c1-3-4-10(14)12(16)15-11-7-8(2)5-6-9(11)13/h5-7,10H,3-4,14H2,1-2H3,(H,15,16). The molecule has 0 fully saturated rings. The van der Waals surface area contributed by atoms with E-state index in [4.69, 9.17) is 5.73 Å². The van der Waals surface area contributed by atoms with Crippen LogP contribution >= 0.6 is 0 Å². The average molecular weight is 224 g/mol. The summed E-state index contributed by atoms with van der Waals surface area (Å²) in [6.45, 7) is 3.78. The number of halogens is 1. The van der Waals surface area contributed by atoms with Gasteiger partial charge in [-0.05, 0) is 31.0 Å². The zero-order chi connectivity index (χ0) is 12.1. The number of carbonyl (C=O) groups excluding carboxylic acids is 1. The molecule has 1 atom stereocenters. The zero-order valence-electron chi connectivity index (χ0n) is 9.59. The van der Waals surface area contributed by atoms with Gasteiger partial charge in [0.15, 0.2) is 0 Å². The van der Waals surface area contributed by atoms with E-state index in [-0.39, 0.29) is 11.6 Å². The van der Waals surface area contributed by atoms with E-state index in [0.29, 0.717) is 6.42 Å². The number of anilines is 1. The Morgan fingerprint density at radius 1 is 1.56 bits per heavy atom. The first-order chi connectivity index (χ1) is 7.54. The predicted molar refractivity (Wildman–Crippen MR) is 62.7 cm³/mol. The minimum atomic E-state index is -0.579. The van der Waals surface area contributed by atoms with Crippen molar-refractivity contribution in [2.45, 2.75) is 32.7 Å². The van der Waals surface area contributed by atoms with Crippen LogP contribution in [-0.4, -0.2) is 11.9 Å². The topological polar surface area (TPSA) is 55.1 Å². The number of hydrogen-bond acceptors (Lipinski definition) is 2. The fourth-order valence-electron chi connectivity index (χ4n) is 1.40. The number of benzene rings is 1. The molecule has 1 rings (SSSR count). The molecule has 0 aliphatic heterocycles. The summed E-state index contributed by atoms with van der Waals surface area (Å²) in [7, 11) is 0. The SMILES string of the molecule is CCCC(N)C(=O)Nc1cc(C)ccc1F. The van der Waals surface area contributed by atoms with Gasteiger partial charge in [0.2, 0.25) is 5.91 Å². The van der Waals surface area contributed by atoms with E-state index in [1.54, 1.807) is 12.1 Å². The average Bonchev–Trinajstić information content (AvgIpc) is 2.23. The minimum absolute atomic E-state index is 0.191. The Labute approximate surface area is 94.8 Å². The number of aryl methyl sites for hydroxylation is 1. The Balaban J connectivity index is 2.72. The number of hydrogen-bond donors (Lipinski definition) is 2. The quantitative estimate of drug-likeness (QED) is 0.823. The third-order valence-electron chi connectivity index (χ3n) is 2.32. The van der Waals surface area contributed by atoms with Crippen LogP contribution in [0.2, 0.25) is 0 Å². The van der Waals surface area contributed by atoms with E-state index in [2.05, 4.69) is 5.32 Å². The van der Waals surface area contributed by atoms with Crippen molar-refractivity contribution in [1.29, 1.82) is 0 Å². The lowest BCUT2D eigenvalue weighted by molar-refractivity contribution is -0.117. The van der Waals surface area contributed by atoms with E-state index >= 15 is 0 Å². The van der Waals surface area contributed by atoms with Crippen LogP contribution in [0.1, 0.15) is 25.3 Å². The maximum atomic E-state index is 13.3. The summed E-state index contributed by atoms with van der Waals surface area (Å²) in [6, 6.07) is 3.99.